The van der Waals surface area contributed by atoms with E-state index in [9.17, 15) is 4.79 Å². The molecule has 0 radical (unpaired) electrons. The third-order valence-electron chi connectivity index (χ3n) is 5.15. The lowest BCUT2D eigenvalue weighted by Crippen LogP contribution is -2.41. The maximum Gasteiger partial charge on any atom is 0.225 e. The molecule has 1 amide bonds. The van der Waals surface area contributed by atoms with Crippen LogP contribution < -0.4 is 0 Å². The quantitative estimate of drug-likeness (QED) is 0.709. The molecule has 3 aromatic heterocycles. The van der Waals surface area contributed by atoms with Gasteiger partial charge in [-0.3, -0.25) is 4.79 Å². The molecule has 0 unspecified atom stereocenters. The standard InChI is InChI=1S/C20H25N5O2/c1-12(2)20(26)24-7-5-6-15(11-24)19-16(17-8-14(4)23-27-17)10-21-18-9-13(3)22-25(18)19/h8-10,12,15H,5-7,11H2,1-4H3/t15-/m1/s1. The third kappa shape index (κ3) is 3.22. The van der Waals surface area contributed by atoms with Crippen molar-refractivity contribution in [1.29, 1.82) is 0 Å². The number of likely N-dealkylation sites (tertiary alicyclic amines) is 1. The van der Waals surface area contributed by atoms with Gasteiger partial charge in [0.2, 0.25) is 5.91 Å². The van der Waals surface area contributed by atoms with Crippen LogP contribution in [-0.2, 0) is 4.79 Å². The summed E-state index contributed by atoms with van der Waals surface area (Å²) in [4.78, 5) is 19.1. The van der Waals surface area contributed by atoms with Crippen molar-refractivity contribution in [2.45, 2.75) is 46.5 Å². The molecule has 1 aliphatic heterocycles. The average molecular weight is 367 g/mol. The zero-order chi connectivity index (χ0) is 19.1. The molecule has 4 rings (SSSR count). The Morgan fingerprint density at radius 1 is 1.26 bits per heavy atom. The average Bonchev–Trinajstić information content (AvgIpc) is 3.24. The van der Waals surface area contributed by atoms with Gasteiger partial charge >= 0.3 is 0 Å². The van der Waals surface area contributed by atoms with Crippen molar-refractivity contribution in [3.8, 4) is 11.3 Å². The van der Waals surface area contributed by atoms with Gasteiger partial charge in [-0.05, 0) is 26.7 Å². The summed E-state index contributed by atoms with van der Waals surface area (Å²) in [5, 5.41) is 8.71. The van der Waals surface area contributed by atoms with E-state index in [0.29, 0.717) is 12.3 Å². The molecule has 142 valence electrons. The van der Waals surface area contributed by atoms with Crippen LogP contribution in [0.15, 0.2) is 22.9 Å². The van der Waals surface area contributed by atoms with Gasteiger partial charge < -0.3 is 9.42 Å². The first-order valence-corrected chi connectivity index (χ1v) is 9.52. The molecule has 0 spiro atoms. The summed E-state index contributed by atoms with van der Waals surface area (Å²) in [6, 6.07) is 3.89. The molecule has 3 aromatic rings. The topological polar surface area (TPSA) is 76.5 Å². The summed E-state index contributed by atoms with van der Waals surface area (Å²) in [6.07, 6.45) is 3.82. The second-order valence-electron chi connectivity index (χ2n) is 7.72. The van der Waals surface area contributed by atoms with Crippen molar-refractivity contribution in [3.63, 3.8) is 0 Å². The molecule has 1 fully saturated rings. The summed E-state index contributed by atoms with van der Waals surface area (Å²) >= 11 is 0. The van der Waals surface area contributed by atoms with Gasteiger partial charge in [0.15, 0.2) is 11.4 Å². The van der Waals surface area contributed by atoms with Gasteiger partial charge in [-0.15, -0.1) is 0 Å². The molecular weight excluding hydrogens is 342 g/mol. The van der Waals surface area contributed by atoms with Crippen LogP contribution in [0.4, 0.5) is 0 Å². The van der Waals surface area contributed by atoms with E-state index < -0.39 is 0 Å². The van der Waals surface area contributed by atoms with E-state index in [1.807, 2.05) is 55.4 Å². The van der Waals surface area contributed by atoms with Gasteiger partial charge in [0, 0.05) is 43.3 Å². The summed E-state index contributed by atoms with van der Waals surface area (Å²) in [6.45, 7) is 9.28. The Bertz CT molecular complexity index is 988. The van der Waals surface area contributed by atoms with E-state index in [1.165, 1.54) is 0 Å². The van der Waals surface area contributed by atoms with Crippen LogP contribution in [0.2, 0.25) is 0 Å². The lowest BCUT2D eigenvalue weighted by Gasteiger charge is -2.34. The fourth-order valence-corrected chi connectivity index (χ4v) is 3.90. The Morgan fingerprint density at radius 3 is 2.78 bits per heavy atom. The van der Waals surface area contributed by atoms with Gasteiger partial charge in [0.25, 0.3) is 0 Å². The number of hydrogen-bond acceptors (Lipinski definition) is 5. The summed E-state index contributed by atoms with van der Waals surface area (Å²) in [5.74, 6) is 1.08. The number of hydrogen-bond donors (Lipinski definition) is 0. The van der Waals surface area contributed by atoms with Gasteiger partial charge in [0.05, 0.1) is 22.6 Å². The Morgan fingerprint density at radius 2 is 2.07 bits per heavy atom. The monoisotopic (exact) mass is 367 g/mol. The van der Waals surface area contributed by atoms with Crippen LogP contribution in [0.1, 0.15) is 49.7 Å². The number of nitrogens with zero attached hydrogens (tertiary/aromatic N) is 5. The minimum absolute atomic E-state index is 0.00421. The molecule has 0 aliphatic carbocycles. The highest BCUT2D eigenvalue weighted by atomic mass is 16.5. The first-order chi connectivity index (χ1) is 12.9. The molecule has 1 saturated heterocycles. The number of carbonyl (C=O) groups is 1. The van der Waals surface area contributed by atoms with E-state index >= 15 is 0 Å². The van der Waals surface area contributed by atoms with E-state index in [-0.39, 0.29) is 17.7 Å². The Balaban J connectivity index is 1.82. The van der Waals surface area contributed by atoms with Crippen molar-refractivity contribution in [3.05, 3.63) is 35.4 Å². The van der Waals surface area contributed by atoms with E-state index in [4.69, 9.17) is 4.52 Å². The predicted octanol–water partition coefficient (Wildman–Crippen LogP) is 3.36. The number of piperidine rings is 1. The van der Waals surface area contributed by atoms with Gasteiger partial charge in [-0.25, -0.2) is 9.50 Å². The lowest BCUT2D eigenvalue weighted by molar-refractivity contribution is -0.135. The van der Waals surface area contributed by atoms with Gasteiger partial charge in [-0.2, -0.15) is 5.10 Å². The molecule has 27 heavy (non-hydrogen) atoms. The van der Waals surface area contributed by atoms with Gasteiger partial charge in [-0.1, -0.05) is 19.0 Å². The van der Waals surface area contributed by atoms with Crippen LogP contribution in [0.5, 0.6) is 0 Å². The summed E-state index contributed by atoms with van der Waals surface area (Å²) in [5.41, 5.74) is 4.50. The number of fused-ring (bicyclic) bond motifs is 1. The fraction of sp³-hybridized carbons (Fsp3) is 0.500. The van der Waals surface area contributed by atoms with E-state index in [2.05, 4.69) is 15.2 Å². The molecule has 7 nitrogen and oxygen atoms in total. The number of rotatable bonds is 3. The minimum Gasteiger partial charge on any atom is -0.356 e. The maximum absolute atomic E-state index is 12.6. The van der Waals surface area contributed by atoms with Crippen molar-refractivity contribution in [1.82, 2.24) is 24.7 Å². The van der Waals surface area contributed by atoms with Crippen LogP contribution in [0.3, 0.4) is 0 Å². The summed E-state index contributed by atoms with van der Waals surface area (Å²) < 4.78 is 7.45. The Labute approximate surface area is 158 Å². The second-order valence-corrected chi connectivity index (χ2v) is 7.72. The fourth-order valence-electron chi connectivity index (χ4n) is 3.90. The molecule has 1 aliphatic rings. The molecule has 4 heterocycles. The van der Waals surface area contributed by atoms with Crippen LogP contribution in [0.25, 0.3) is 17.0 Å². The third-order valence-corrected chi connectivity index (χ3v) is 5.15. The first kappa shape index (κ1) is 17.7. The minimum atomic E-state index is 0.00421. The molecule has 1 atom stereocenters. The normalized spacial score (nSPS) is 17.8. The molecule has 0 N–H and O–H groups in total. The second kappa shape index (κ2) is 6.79. The number of amides is 1. The molecule has 0 saturated carbocycles. The number of carbonyl (C=O) groups excluding carboxylic acids is 1. The maximum atomic E-state index is 12.6. The van der Waals surface area contributed by atoms with Crippen molar-refractivity contribution in [2.75, 3.05) is 13.1 Å². The molecule has 7 heteroatoms. The van der Waals surface area contributed by atoms with Crippen LogP contribution in [0, 0.1) is 19.8 Å². The highest BCUT2D eigenvalue weighted by Gasteiger charge is 2.30. The van der Waals surface area contributed by atoms with Crippen molar-refractivity contribution < 1.29 is 9.32 Å². The Kier molecular flexibility index (Phi) is 4.45. The zero-order valence-electron chi connectivity index (χ0n) is 16.3. The first-order valence-electron chi connectivity index (χ1n) is 9.52. The Hall–Kier alpha value is -2.70. The van der Waals surface area contributed by atoms with Crippen molar-refractivity contribution in [2.24, 2.45) is 5.92 Å². The van der Waals surface area contributed by atoms with Crippen LogP contribution >= 0.6 is 0 Å². The van der Waals surface area contributed by atoms with E-state index in [1.54, 1.807) is 0 Å². The lowest BCUT2D eigenvalue weighted by atomic mass is 9.90. The number of aromatic nitrogens is 4. The predicted molar refractivity (Wildman–Crippen MR) is 101 cm³/mol. The SMILES string of the molecule is Cc1cc(-c2cnc3cc(C)nn3c2[C@@H]2CCCN(C(=O)C(C)C)C2)on1. The highest BCUT2D eigenvalue weighted by molar-refractivity contribution is 5.78. The highest BCUT2D eigenvalue weighted by Crippen LogP contribution is 2.35. The van der Waals surface area contributed by atoms with Gasteiger partial charge in [0.1, 0.15) is 0 Å². The largest absolute Gasteiger partial charge is 0.356 e. The van der Waals surface area contributed by atoms with Crippen molar-refractivity contribution >= 4 is 11.6 Å². The van der Waals surface area contributed by atoms with E-state index in [0.717, 1.165) is 47.7 Å². The van der Waals surface area contributed by atoms with Crippen LogP contribution in [-0.4, -0.2) is 43.7 Å². The molecule has 0 bridgehead atoms. The molecule has 0 aromatic carbocycles. The smallest absolute Gasteiger partial charge is 0.225 e. The number of aryl methyl sites for hydroxylation is 2. The zero-order valence-corrected chi connectivity index (χ0v) is 16.3. The summed E-state index contributed by atoms with van der Waals surface area (Å²) in [7, 11) is 0. The molecular formula is C20H25N5O2.